The molecule has 6 rings (SSSR count). The van der Waals surface area contributed by atoms with Crippen molar-refractivity contribution in [2.45, 2.75) is 55.4 Å². The van der Waals surface area contributed by atoms with Gasteiger partial charge in [0.1, 0.15) is 11.5 Å². The number of hydrogen-bond acceptors (Lipinski definition) is 5. The fraction of sp³-hybridized carbons (Fsp3) is 0.367. The Kier molecular flexibility index (Phi) is 6.99. The van der Waals surface area contributed by atoms with Gasteiger partial charge in [0, 0.05) is 37.3 Å². The van der Waals surface area contributed by atoms with E-state index >= 15 is 0 Å². The first-order valence-corrected chi connectivity index (χ1v) is 15.2. The monoisotopic (exact) mass is 598 g/mol. The Labute approximate surface area is 241 Å². The number of halogens is 3. The summed E-state index contributed by atoms with van der Waals surface area (Å²) in [6.45, 7) is 2.38. The van der Waals surface area contributed by atoms with Gasteiger partial charge in [-0.05, 0) is 91.8 Å². The molecule has 3 aromatic rings. The van der Waals surface area contributed by atoms with Gasteiger partial charge in [0.2, 0.25) is 5.91 Å². The average Bonchev–Trinajstić information content (AvgIpc) is 3.77. The maximum atomic E-state index is 14.2. The van der Waals surface area contributed by atoms with Gasteiger partial charge in [-0.2, -0.15) is 0 Å². The Bertz CT molecular complexity index is 1650. The molecule has 3 aliphatic rings. The predicted octanol–water partition coefficient (Wildman–Crippen LogP) is 5.28. The molecule has 1 atom stereocenters. The molecule has 1 saturated heterocycles. The van der Waals surface area contributed by atoms with Crippen LogP contribution >= 0.6 is 0 Å². The Balaban J connectivity index is 1.45. The third-order valence-corrected chi connectivity index (χ3v) is 10.5. The molecule has 220 valence electrons. The van der Waals surface area contributed by atoms with E-state index in [-0.39, 0.29) is 22.3 Å². The quantitative estimate of drug-likeness (QED) is 0.417. The van der Waals surface area contributed by atoms with Crippen LogP contribution in [0.1, 0.15) is 60.6 Å². The van der Waals surface area contributed by atoms with Crippen molar-refractivity contribution in [2.24, 2.45) is 5.92 Å². The third-order valence-electron chi connectivity index (χ3n) is 8.68. The number of piperidine rings is 1. The molecule has 3 heterocycles. The molecule has 1 saturated carbocycles. The summed E-state index contributed by atoms with van der Waals surface area (Å²) in [5, 5.41) is 2.70. The normalized spacial score (nSPS) is 19.7. The molecule has 1 unspecified atom stereocenters. The molecule has 1 aliphatic carbocycles. The molecular formula is C30H29F3N4O4S. The zero-order valence-electron chi connectivity index (χ0n) is 22.8. The average molecular weight is 599 g/mol. The largest absolute Gasteiger partial charge is 0.343 e. The number of rotatable bonds is 6. The highest BCUT2D eigenvalue weighted by Gasteiger charge is 2.60. The third kappa shape index (κ3) is 4.71. The van der Waals surface area contributed by atoms with Gasteiger partial charge < -0.3 is 10.2 Å². The molecule has 0 radical (unpaired) electrons. The smallest absolute Gasteiger partial charge is 0.281 e. The zero-order chi connectivity index (χ0) is 29.8. The lowest BCUT2D eigenvalue weighted by Crippen LogP contribution is -2.54. The maximum absolute atomic E-state index is 14.2. The molecule has 1 N–H and O–H groups in total. The van der Waals surface area contributed by atoms with Gasteiger partial charge in [-0.3, -0.25) is 18.9 Å². The van der Waals surface area contributed by atoms with Crippen molar-refractivity contribution in [1.29, 1.82) is 0 Å². The highest BCUT2D eigenvalue weighted by Crippen LogP contribution is 2.59. The highest BCUT2D eigenvalue weighted by atomic mass is 32.2. The first-order chi connectivity index (χ1) is 20.0. The first kappa shape index (κ1) is 28.2. The van der Waals surface area contributed by atoms with Crippen molar-refractivity contribution < 1.29 is 31.2 Å². The molecule has 0 bridgehead atoms. The van der Waals surface area contributed by atoms with Crippen LogP contribution < -0.4 is 9.62 Å². The van der Waals surface area contributed by atoms with Crippen LogP contribution in [-0.4, -0.2) is 49.2 Å². The number of nitrogens with zero attached hydrogens (tertiary/aromatic N) is 3. The summed E-state index contributed by atoms with van der Waals surface area (Å²) in [7, 11) is -4.12. The van der Waals surface area contributed by atoms with Crippen LogP contribution in [0.5, 0.6) is 0 Å². The maximum Gasteiger partial charge on any atom is 0.281 e. The van der Waals surface area contributed by atoms with E-state index in [1.165, 1.54) is 41.7 Å². The van der Waals surface area contributed by atoms with E-state index in [9.17, 15) is 31.2 Å². The Morgan fingerprint density at radius 3 is 2.36 bits per heavy atom. The lowest BCUT2D eigenvalue weighted by molar-refractivity contribution is -0.130. The number of alkyl halides is 2. The fourth-order valence-electron chi connectivity index (χ4n) is 6.56. The number of anilines is 2. The summed E-state index contributed by atoms with van der Waals surface area (Å²) in [4.78, 5) is 30.6. The molecule has 12 heteroatoms. The van der Waals surface area contributed by atoms with Crippen molar-refractivity contribution >= 4 is 33.2 Å². The van der Waals surface area contributed by atoms with E-state index in [0.29, 0.717) is 42.9 Å². The topological polar surface area (TPSA) is 99.7 Å². The minimum Gasteiger partial charge on any atom is -0.343 e. The van der Waals surface area contributed by atoms with Gasteiger partial charge in [0.15, 0.2) is 0 Å². The van der Waals surface area contributed by atoms with Crippen molar-refractivity contribution in [1.82, 2.24) is 9.88 Å². The van der Waals surface area contributed by atoms with Gasteiger partial charge in [-0.15, -0.1) is 0 Å². The number of aromatic nitrogens is 1. The van der Waals surface area contributed by atoms with Crippen molar-refractivity contribution in [2.75, 3.05) is 22.7 Å². The Morgan fingerprint density at radius 2 is 1.74 bits per heavy atom. The van der Waals surface area contributed by atoms with E-state index in [0.717, 1.165) is 25.0 Å². The number of carbonyl (C=O) groups excluding carboxylic acids is 2. The van der Waals surface area contributed by atoms with Crippen LogP contribution in [0.3, 0.4) is 0 Å². The van der Waals surface area contributed by atoms with E-state index in [4.69, 9.17) is 0 Å². The molecule has 2 amide bonds. The van der Waals surface area contributed by atoms with E-state index in [2.05, 4.69) is 10.3 Å². The number of likely N-dealkylation sites (tertiary alicyclic amines) is 1. The van der Waals surface area contributed by atoms with Crippen LogP contribution in [-0.2, 0) is 20.2 Å². The molecule has 2 fully saturated rings. The highest BCUT2D eigenvalue weighted by molar-refractivity contribution is 7.92. The van der Waals surface area contributed by atoms with E-state index < -0.39 is 45.3 Å². The van der Waals surface area contributed by atoms with Crippen molar-refractivity contribution in [3.8, 4) is 0 Å². The lowest BCUT2D eigenvalue weighted by atomic mass is 9.68. The van der Waals surface area contributed by atoms with Gasteiger partial charge >= 0.3 is 0 Å². The second-order valence-corrected chi connectivity index (χ2v) is 12.9. The molecule has 2 aromatic carbocycles. The van der Waals surface area contributed by atoms with E-state index in [1.807, 2.05) is 0 Å². The standard InChI is InChI=1S/C30H29F3N4O4S/c1-18(38)36-15-12-30(13-16-36)24-17-21(35-29(39)23-3-2-14-34-26(23)28(32)33)8-11-25(24)37(27(30)19-4-5-19)42(40,41)22-9-6-20(31)7-10-22/h2-3,6-11,14,17,19,27-28H,4-5,12-13,15-16H2,1H3,(H,35,39). The second-order valence-electron chi connectivity index (χ2n) is 11.1. The van der Waals surface area contributed by atoms with Crippen LogP contribution in [0, 0.1) is 11.7 Å². The number of carbonyl (C=O) groups is 2. The summed E-state index contributed by atoms with van der Waals surface area (Å²) in [5.74, 6) is -1.29. The van der Waals surface area contributed by atoms with Crippen molar-refractivity contribution in [3.63, 3.8) is 0 Å². The van der Waals surface area contributed by atoms with Gasteiger partial charge in [-0.25, -0.2) is 21.6 Å². The van der Waals surface area contributed by atoms with Gasteiger partial charge in [0.05, 0.1) is 22.2 Å². The van der Waals surface area contributed by atoms with Crippen LogP contribution in [0.2, 0.25) is 0 Å². The summed E-state index contributed by atoms with van der Waals surface area (Å²) in [5.41, 5.74) is -0.0413. The summed E-state index contributed by atoms with van der Waals surface area (Å²) < 4.78 is 70.6. The van der Waals surface area contributed by atoms with Gasteiger partial charge in [0.25, 0.3) is 22.4 Å². The summed E-state index contributed by atoms with van der Waals surface area (Å²) in [6.07, 6.45) is 0.947. The minimum atomic E-state index is -4.12. The number of sulfonamides is 1. The molecule has 1 spiro atoms. The summed E-state index contributed by atoms with van der Waals surface area (Å²) >= 11 is 0. The number of amides is 2. The van der Waals surface area contributed by atoms with Crippen LogP contribution in [0.4, 0.5) is 24.5 Å². The number of benzene rings is 2. The van der Waals surface area contributed by atoms with E-state index in [1.54, 1.807) is 23.1 Å². The van der Waals surface area contributed by atoms with Crippen molar-refractivity contribution in [3.05, 3.63) is 83.4 Å². The second kappa shape index (κ2) is 10.4. The Hall–Kier alpha value is -3.93. The Morgan fingerprint density at radius 1 is 1.05 bits per heavy atom. The fourth-order valence-corrected chi connectivity index (χ4v) is 8.36. The molecule has 42 heavy (non-hydrogen) atoms. The molecule has 8 nitrogen and oxygen atoms in total. The molecular weight excluding hydrogens is 569 g/mol. The van der Waals surface area contributed by atoms with Gasteiger partial charge in [-0.1, -0.05) is 0 Å². The number of fused-ring (bicyclic) bond motifs is 2. The zero-order valence-corrected chi connectivity index (χ0v) is 23.6. The molecule has 1 aromatic heterocycles. The molecule has 2 aliphatic heterocycles. The SMILES string of the molecule is CC(=O)N1CCC2(CC1)c1cc(NC(=O)c3cccnc3C(F)F)ccc1N(S(=O)(=O)c1ccc(F)cc1)C2C1CC1. The predicted molar refractivity (Wildman–Crippen MR) is 149 cm³/mol. The lowest BCUT2D eigenvalue weighted by Gasteiger charge is -2.45. The summed E-state index contributed by atoms with van der Waals surface area (Å²) in [6, 6.07) is 11.9. The van der Waals surface area contributed by atoms with Crippen LogP contribution in [0.15, 0.2) is 65.7 Å². The number of hydrogen-bond donors (Lipinski definition) is 1. The first-order valence-electron chi connectivity index (χ1n) is 13.8. The minimum absolute atomic E-state index is 0.0350. The number of pyridine rings is 1. The number of nitrogens with one attached hydrogen (secondary N) is 1. The van der Waals surface area contributed by atoms with Crippen LogP contribution in [0.25, 0.3) is 0 Å².